The maximum atomic E-state index is 10.2. The Morgan fingerprint density at radius 1 is 1.78 bits per heavy atom. The van der Waals surface area contributed by atoms with Crippen molar-refractivity contribution in [2.45, 2.75) is 16.8 Å². The fourth-order valence-corrected chi connectivity index (χ4v) is 0.861. The first-order chi connectivity index (χ1) is 4.18. The van der Waals surface area contributed by atoms with Gasteiger partial charge in [0.2, 0.25) is 0 Å². The number of carboxylic acids is 1. The molecule has 1 atom stereocenters. The van der Waals surface area contributed by atoms with Crippen molar-refractivity contribution >= 4 is 28.6 Å². The summed E-state index contributed by atoms with van der Waals surface area (Å²) in [6.45, 7) is 0.576. The van der Waals surface area contributed by atoms with Gasteiger partial charge >= 0.3 is 5.97 Å². The maximum absolute atomic E-state index is 10.2. The zero-order valence-electron chi connectivity index (χ0n) is 5.01. The smallest absolute Gasteiger partial charge is 0.316 e. The van der Waals surface area contributed by atoms with Crippen molar-refractivity contribution < 1.29 is 9.90 Å². The van der Waals surface area contributed by atoms with E-state index in [1.54, 1.807) is 0 Å². The summed E-state index contributed by atoms with van der Waals surface area (Å²) in [6, 6.07) is 0. The van der Waals surface area contributed by atoms with E-state index in [0.717, 1.165) is 6.42 Å². The van der Waals surface area contributed by atoms with Gasteiger partial charge < -0.3 is 10.8 Å². The maximum Gasteiger partial charge on any atom is 0.316 e. The molecule has 0 aromatic rings. The monoisotopic (exact) mass is 243 g/mol. The number of carbonyl (C=O) groups is 1. The molecule has 0 unspecified atom stereocenters. The molecule has 0 amide bonds. The minimum Gasteiger partial charge on any atom is -0.480 e. The largest absolute Gasteiger partial charge is 0.480 e. The first-order valence-corrected chi connectivity index (χ1v) is 4.00. The number of carboxylic acid groups (broad SMARTS) is 1. The van der Waals surface area contributed by atoms with E-state index in [1.165, 1.54) is 0 Å². The number of hydrogen-bond donors (Lipinski definition) is 2. The summed E-state index contributed by atoms with van der Waals surface area (Å²) in [6.07, 6.45) is 1.46. The second kappa shape index (κ2) is 4.99. The quantitative estimate of drug-likeness (QED) is 0.561. The molecule has 0 aliphatic carbocycles. The standard InChI is InChI=1S/C5H10INO2/c6-4(5(8)9)2-1-3-7/h4H,1-3,7H2,(H,8,9)/t4-/m0/s1. The molecule has 0 radical (unpaired) electrons. The molecule has 4 heteroatoms. The first kappa shape index (κ1) is 9.16. The Morgan fingerprint density at radius 3 is 2.67 bits per heavy atom. The van der Waals surface area contributed by atoms with Crippen LogP contribution in [0.25, 0.3) is 0 Å². The molecule has 0 saturated carbocycles. The molecule has 0 rings (SSSR count). The van der Waals surface area contributed by atoms with Gasteiger partial charge in [-0.2, -0.15) is 0 Å². The molecule has 3 nitrogen and oxygen atoms in total. The second-order valence-electron chi connectivity index (χ2n) is 1.74. The van der Waals surface area contributed by atoms with E-state index in [0.29, 0.717) is 13.0 Å². The molecule has 0 aliphatic heterocycles. The third-order valence-electron chi connectivity index (χ3n) is 0.930. The Balaban J connectivity index is 3.27. The highest BCUT2D eigenvalue weighted by Crippen LogP contribution is 2.07. The van der Waals surface area contributed by atoms with E-state index >= 15 is 0 Å². The SMILES string of the molecule is NCCC[C@H](I)C(=O)O. The van der Waals surface area contributed by atoms with Gasteiger partial charge in [-0.25, -0.2) is 0 Å². The van der Waals surface area contributed by atoms with E-state index in [1.807, 2.05) is 22.6 Å². The average Bonchev–Trinajstić information content (AvgIpc) is 1.82. The summed E-state index contributed by atoms with van der Waals surface area (Å²) in [5.74, 6) is -0.746. The third-order valence-corrected chi connectivity index (χ3v) is 2.09. The van der Waals surface area contributed by atoms with Gasteiger partial charge in [0, 0.05) is 0 Å². The van der Waals surface area contributed by atoms with Crippen LogP contribution in [0.3, 0.4) is 0 Å². The number of halogens is 1. The van der Waals surface area contributed by atoms with Crippen LogP contribution < -0.4 is 5.73 Å². The molecule has 0 aliphatic rings. The lowest BCUT2D eigenvalue weighted by Gasteiger charge is -2.00. The van der Waals surface area contributed by atoms with Crippen LogP contribution in [-0.2, 0) is 4.79 Å². The van der Waals surface area contributed by atoms with E-state index in [4.69, 9.17) is 10.8 Å². The van der Waals surface area contributed by atoms with Crippen LogP contribution in [0.1, 0.15) is 12.8 Å². The van der Waals surface area contributed by atoms with Gasteiger partial charge in [0.05, 0.1) is 0 Å². The van der Waals surface area contributed by atoms with Gasteiger partial charge in [-0.3, -0.25) is 4.79 Å². The fraction of sp³-hybridized carbons (Fsp3) is 0.800. The van der Waals surface area contributed by atoms with Gasteiger partial charge in [-0.1, -0.05) is 22.6 Å². The number of alkyl halides is 1. The molecular formula is C5H10INO2. The van der Waals surface area contributed by atoms with Crippen LogP contribution in [0.2, 0.25) is 0 Å². The Bertz CT molecular complexity index is 97.0. The zero-order valence-corrected chi connectivity index (χ0v) is 7.17. The van der Waals surface area contributed by atoms with E-state index < -0.39 is 5.97 Å². The van der Waals surface area contributed by atoms with Crippen molar-refractivity contribution in [2.75, 3.05) is 6.54 Å². The minimum atomic E-state index is -0.746. The predicted molar refractivity (Wildman–Crippen MR) is 43.7 cm³/mol. The Kier molecular flexibility index (Phi) is 5.07. The van der Waals surface area contributed by atoms with Crippen molar-refractivity contribution in [1.29, 1.82) is 0 Å². The number of nitrogens with two attached hydrogens (primary N) is 1. The van der Waals surface area contributed by atoms with Crippen molar-refractivity contribution in [2.24, 2.45) is 5.73 Å². The van der Waals surface area contributed by atoms with Crippen LogP contribution in [0.5, 0.6) is 0 Å². The molecule has 0 saturated heterocycles. The molecule has 0 bridgehead atoms. The zero-order chi connectivity index (χ0) is 7.28. The molecule has 0 fully saturated rings. The van der Waals surface area contributed by atoms with Crippen molar-refractivity contribution in [3.05, 3.63) is 0 Å². The summed E-state index contributed by atoms with van der Waals surface area (Å²) in [5.41, 5.74) is 5.18. The second-order valence-corrected chi connectivity index (χ2v) is 3.24. The molecule has 0 heterocycles. The van der Waals surface area contributed by atoms with Gasteiger partial charge in [0.1, 0.15) is 3.92 Å². The lowest BCUT2D eigenvalue weighted by molar-refractivity contribution is -0.136. The minimum absolute atomic E-state index is 0.272. The topological polar surface area (TPSA) is 63.3 Å². The van der Waals surface area contributed by atoms with Gasteiger partial charge in [-0.05, 0) is 19.4 Å². The van der Waals surface area contributed by atoms with Crippen LogP contribution in [0, 0.1) is 0 Å². The van der Waals surface area contributed by atoms with E-state index in [-0.39, 0.29) is 3.92 Å². The van der Waals surface area contributed by atoms with Gasteiger partial charge in [-0.15, -0.1) is 0 Å². The lowest BCUT2D eigenvalue weighted by atomic mass is 10.2. The lowest BCUT2D eigenvalue weighted by Crippen LogP contribution is -2.13. The van der Waals surface area contributed by atoms with Crippen LogP contribution in [-0.4, -0.2) is 21.5 Å². The van der Waals surface area contributed by atoms with Crippen LogP contribution >= 0.6 is 22.6 Å². The summed E-state index contributed by atoms with van der Waals surface area (Å²) in [7, 11) is 0. The summed E-state index contributed by atoms with van der Waals surface area (Å²) in [4.78, 5) is 10.2. The summed E-state index contributed by atoms with van der Waals surface area (Å²) >= 11 is 1.90. The average molecular weight is 243 g/mol. The predicted octanol–water partition coefficient (Wildman–Crippen LogP) is 0.614. The van der Waals surface area contributed by atoms with E-state index in [2.05, 4.69) is 0 Å². The third kappa shape index (κ3) is 4.65. The van der Waals surface area contributed by atoms with Gasteiger partial charge in [0.25, 0.3) is 0 Å². The van der Waals surface area contributed by atoms with Crippen molar-refractivity contribution in [3.63, 3.8) is 0 Å². The molecule has 0 aromatic carbocycles. The highest BCUT2D eigenvalue weighted by Gasteiger charge is 2.10. The molecule has 54 valence electrons. The molecule has 3 N–H and O–H groups in total. The van der Waals surface area contributed by atoms with Crippen LogP contribution in [0.15, 0.2) is 0 Å². The summed E-state index contributed by atoms with van der Waals surface area (Å²) < 4.78 is -0.272. The number of aliphatic carboxylic acids is 1. The van der Waals surface area contributed by atoms with E-state index in [9.17, 15) is 4.79 Å². The molecule has 0 aromatic heterocycles. The first-order valence-electron chi connectivity index (χ1n) is 2.75. The van der Waals surface area contributed by atoms with Crippen LogP contribution in [0.4, 0.5) is 0 Å². The van der Waals surface area contributed by atoms with Crippen molar-refractivity contribution in [3.8, 4) is 0 Å². The Hall–Kier alpha value is 0.160. The summed E-state index contributed by atoms with van der Waals surface area (Å²) in [5, 5.41) is 8.36. The fourth-order valence-electron chi connectivity index (χ4n) is 0.421. The molecule has 0 spiro atoms. The normalized spacial score (nSPS) is 13.1. The number of hydrogen-bond acceptors (Lipinski definition) is 2. The highest BCUT2D eigenvalue weighted by molar-refractivity contribution is 14.1. The Morgan fingerprint density at radius 2 is 2.33 bits per heavy atom. The van der Waals surface area contributed by atoms with Crippen molar-refractivity contribution in [1.82, 2.24) is 0 Å². The number of rotatable bonds is 4. The Labute approximate surface area is 67.8 Å². The molecular weight excluding hydrogens is 233 g/mol. The highest BCUT2D eigenvalue weighted by atomic mass is 127. The van der Waals surface area contributed by atoms with Gasteiger partial charge in [0.15, 0.2) is 0 Å². The molecule has 9 heavy (non-hydrogen) atoms.